The fourth-order valence-electron chi connectivity index (χ4n) is 0. The molecule has 0 rings (SSSR count). The molecule has 0 saturated heterocycles. The molecule has 0 fully saturated rings. The summed E-state index contributed by atoms with van der Waals surface area (Å²) in [7, 11) is 0. The van der Waals surface area contributed by atoms with Gasteiger partial charge in [0.15, 0.2) is 0 Å². The molecule has 0 radical (unpaired) electrons. The van der Waals surface area contributed by atoms with Crippen LogP contribution in [0.15, 0.2) is 0 Å². The Labute approximate surface area is 111 Å². The van der Waals surface area contributed by atoms with Crippen molar-refractivity contribution in [2.24, 2.45) is 0 Å². The summed E-state index contributed by atoms with van der Waals surface area (Å²) < 4.78 is 0. The summed E-state index contributed by atoms with van der Waals surface area (Å²) in [4.78, 5) is 0. The molecule has 0 amide bonds. The van der Waals surface area contributed by atoms with Gasteiger partial charge in [0.1, 0.15) is 0 Å². The van der Waals surface area contributed by atoms with Crippen LogP contribution in [-0.2, 0) is 0 Å². The van der Waals surface area contributed by atoms with Crippen molar-refractivity contribution in [3.8, 4) is 0 Å². The van der Waals surface area contributed by atoms with Crippen LogP contribution in [0.3, 0.4) is 0 Å². The first-order valence-corrected chi connectivity index (χ1v) is 0. The average molecular weight is 155 g/mol. The van der Waals surface area contributed by atoms with Crippen LogP contribution in [0.2, 0.25) is 0 Å². The van der Waals surface area contributed by atoms with E-state index in [1.807, 2.05) is 0 Å². The van der Waals surface area contributed by atoms with Crippen molar-refractivity contribution in [1.82, 2.24) is 0 Å². The van der Waals surface area contributed by atoms with E-state index in [9.17, 15) is 0 Å². The predicted octanol–water partition coefficient (Wildman–Crippen LogP) is -0.721. The summed E-state index contributed by atoms with van der Waals surface area (Å²) >= 11 is 0. The van der Waals surface area contributed by atoms with E-state index in [2.05, 4.69) is 0 Å². The summed E-state index contributed by atoms with van der Waals surface area (Å²) in [5, 5.41) is 0. The monoisotopic (exact) mass is 154 g/mol. The van der Waals surface area contributed by atoms with Gasteiger partial charge in [0.2, 0.25) is 0 Å². The zero-order valence-corrected chi connectivity index (χ0v) is 2.45. The second-order valence-corrected chi connectivity index (χ2v) is 0. The third-order valence-corrected chi connectivity index (χ3v) is 0. The summed E-state index contributed by atoms with van der Waals surface area (Å²) in [6.45, 7) is 0. The standard InChI is InChI=1S/Ca.2ClH.K.3H/h;2*1H;;;;. The van der Waals surface area contributed by atoms with Gasteiger partial charge in [-0.25, -0.2) is 0 Å². The second kappa shape index (κ2) is 16.1. The van der Waals surface area contributed by atoms with Gasteiger partial charge >= 0.3 is 89.1 Å². The molecule has 0 N–H and O–H groups in total. The van der Waals surface area contributed by atoms with E-state index < -0.39 is 0 Å². The quantitative estimate of drug-likeness (QED) is 0.405. The average Bonchev–Trinajstić information content (AvgIpc) is 0. The van der Waals surface area contributed by atoms with Crippen molar-refractivity contribution in [3.05, 3.63) is 0 Å². The normalized spacial score (nSPS) is 0. The fourth-order valence-corrected chi connectivity index (χ4v) is 0. The molecule has 0 saturated carbocycles. The van der Waals surface area contributed by atoms with Crippen molar-refractivity contribution in [2.75, 3.05) is 0 Å². The Hall–Kier alpha value is 3.48. The summed E-state index contributed by atoms with van der Waals surface area (Å²) in [6, 6.07) is 0. The first-order chi connectivity index (χ1) is 0. The molecule has 0 aromatic carbocycles. The van der Waals surface area contributed by atoms with Crippen molar-refractivity contribution < 1.29 is 0 Å². The van der Waals surface area contributed by atoms with Crippen molar-refractivity contribution in [3.63, 3.8) is 0 Å². The van der Waals surface area contributed by atoms with Crippen LogP contribution in [-0.4, -0.2) is 89.1 Å². The number of hydrogen-bond acceptors (Lipinski definition) is 0. The van der Waals surface area contributed by atoms with Crippen LogP contribution in [0.25, 0.3) is 0 Å². The summed E-state index contributed by atoms with van der Waals surface area (Å²) in [5.74, 6) is 0. The molecular weight excluding hydrogens is 150 g/mol. The van der Waals surface area contributed by atoms with E-state index in [4.69, 9.17) is 0 Å². The van der Waals surface area contributed by atoms with Gasteiger partial charge < -0.3 is 0 Å². The molecule has 4 heavy (non-hydrogen) atoms. The number of halogens is 2. The Morgan fingerprint density at radius 3 is 0.750 bits per heavy atom. The molecule has 22 valence electrons. The fraction of sp³-hybridized carbons (Fsp3) is 0. The van der Waals surface area contributed by atoms with Gasteiger partial charge in [0.25, 0.3) is 0 Å². The van der Waals surface area contributed by atoms with Crippen LogP contribution in [0.4, 0.5) is 0 Å². The first kappa shape index (κ1) is 25.9. The van der Waals surface area contributed by atoms with Crippen LogP contribution >= 0.6 is 24.8 Å². The molecule has 0 aliphatic carbocycles. The van der Waals surface area contributed by atoms with Gasteiger partial charge in [0, 0.05) is 0 Å². The van der Waals surface area contributed by atoms with E-state index in [0.717, 1.165) is 0 Å². The Morgan fingerprint density at radius 2 is 0.750 bits per heavy atom. The summed E-state index contributed by atoms with van der Waals surface area (Å²) in [6.07, 6.45) is 0. The third-order valence-electron chi connectivity index (χ3n) is 0. The predicted molar refractivity (Wildman–Crippen MR) is 30.2 cm³/mol. The van der Waals surface area contributed by atoms with Gasteiger partial charge in [-0.05, 0) is 0 Å². The van der Waals surface area contributed by atoms with Crippen LogP contribution < -0.4 is 0 Å². The molecule has 0 bridgehead atoms. The van der Waals surface area contributed by atoms with Gasteiger partial charge in [-0.15, -0.1) is 24.8 Å². The molecule has 0 atom stereocenters. The van der Waals surface area contributed by atoms with E-state index in [0.29, 0.717) is 0 Å². The zero-order chi connectivity index (χ0) is 0. The SMILES string of the molecule is Cl.Cl.[CaH2].[KH]. The maximum atomic E-state index is 0. The Morgan fingerprint density at radius 1 is 0.750 bits per heavy atom. The molecule has 0 aliphatic heterocycles. The molecule has 4 heteroatoms. The number of hydrogen-bond donors (Lipinski definition) is 0. The summed E-state index contributed by atoms with van der Waals surface area (Å²) in [5.41, 5.74) is 0. The molecule has 0 aromatic heterocycles. The van der Waals surface area contributed by atoms with Gasteiger partial charge in [-0.1, -0.05) is 0 Å². The van der Waals surface area contributed by atoms with Crippen molar-refractivity contribution >= 4 is 114 Å². The molecule has 0 spiro atoms. The van der Waals surface area contributed by atoms with E-state index >= 15 is 0 Å². The van der Waals surface area contributed by atoms with Gasteiger partial charge in [-0.2, -0.15) is 0 Å². The van der Waals surface area contributed by atoms with E-state index in [1.54, 1.807) is 0 Å². The minimum absolute atomic E-state index is 0. The van der Waals surface area contributed by atoms with Crippen LogP contribution in [0, 0.1) is 0 Å². The van der Waals surface area contributed by atoms with Crippen LogP contribution in [0.1, 0.15) is 0 Å². The molecular formula is H5CaCl2K. The molecule has 0 aliphatic rings. The molecule has 0 aromatic rings. The second-order valence-electron chi connectivity index (χ2n) is 0. The first-order valence-electron chi connectivity index (χ1n) is 0. The van der Waals surface area contributed by atoms with Gasteiger partial charge in [-0.3, -0.25) is 0 Å². The zero-order valence-electron chi connectivity index (χ0n) is 0.816. The third kappa shape index (κ3) is 9.08. The molecule has 0 unspecified atom stereocenters. The number of rotatable bonds is 0. The van der Waals surface area contributed by atoms with E-state index in [-0.39, 0.29) is 114 Å². The Balaban J connectivity index is 0. The van der Waals surface area contributed by atoms with Crippen LogP contribution in [0.5, 0.6) is 0 Å². The van der Waals surface area contributed by atoms with Gasteiger partial charge in [0.05, 0.1) is 0 Å². The van der Waals surface area contributed by atoms with Crippen molar-refractivity contribution in [1.29, 1.82) is 0 Å². The molecule has 0 nitrogen and oxygen atoms in total. The minimum atomic E-state index is 0. The maximum absolute atomic E-state index is 0. The Kier molecular flexibility index (Phi) is 104. The Bertz CT molecular complexity index is 6.00. The molecule has 0 heterocycles. The van der Waals surface area contributed by atoms with E-state index in [1.165, 1.54) is 0 Å². The van der Waals surface area contributed by atoms with Crippen molar-refractivity contribution in [2.45, 2.75) is 0 Å². The topological polar surface area (TPSA) is 0 Å².